The number of hydrogen-bond donors (Lipinski definition) is 1. The molecule has 0 saturated carbocycles. The Morgan fingerprint density at radius 2 is 1.77 bits per heavy atom. The second kappa shape index (κ2) is 8.68. The van der Waals surface area contributed by atoms with Gasteiger partial charge in [0.1, 0.15) is 5.75 Å². The van der Waals surface area contributed by atoms with Gasteiger partial charge in [0, 0.05) is 18.2 Å². The van der Waals surface area contributed by atoms with E-state index in [4.69, 9.17) is 4.74 Å². The minimum absolute atomic E-state index is 0.0345. The molecule has 0 fully saturated rings. The Labute approximate surface area is 181 Å². The first-order valence-electron chi connectivity index (χ1n) is 10.4. The van der Waals surface area contributed by atoms with Gasteiger partial charge >= 0.3 is 0 Å². The predicted octanol–water partition coefficient (Wildman–Crippen LogP) is 4.77. The molecule has 1 heterocycles. The van der Waals surface area contributed by atoms with Gasteiger partial charge in [0.15, 0.2) is 5.78 Å². The minimum atomic E-state index is -0.314. The summed E-state index contributed by atoms with van der Waals surface area (Å²) < 4.78 is 5.12. The average molecular weight is 415 g/mol. The number of rotatable bonds is 5. The van der Waals surface area contributed by atoms with Gasteiger partial charge in [-0.2, -0.15) is 0 Å². The molecular weight excluding hydrogens is 390 g/mol. The molecular formula is C25H25N3O3. The molecule has 1 atom stereocenters. The topological polar surface area (TPSA) is 81.2 Å². The number of methoxy groups -OCH3 is 1. The normalized spacial score (nSPS) is 15.5. The first-order chi connectivity index (χ1) is 14.9. The summed E-state index contributed by atoms with van der Waals surface area (Å²) in [7, 11) is 1.57. The predicted molar refractivity (Wildman–Crippen MR) is 119 cm³/mol. The van der Waals surface area contributed by atoms with Crippen molar-refractivity contribution >= 4 is 17.6 Å². The van der Waals surface area contributed by atoms with Crippen molar-refractivity contribution < 1.29 is 14.3 Å². The van der Waals surface area contributed by atoms with Crippen molar-refractivity contribution in [3.63, 3.8) is 0 Å². The van der Waals surface area contributed by atoms with E-state index in [2.05, 4.69) is 53.4 Å². The molecule has 1 aromatic heterocycles. The van der Waals surface area contributed by atoms with Gasteiger partial charge in [0.2, 0.25) is 5.95 Å². The number of fused-ring (bicyclic) bond motifs is 1. The molecule has 1 aliphatic rings. The number of nitrogens with one attached hydrogen (secondary N) is 1. The van der Waals surface area contributed by atoms with E-state index < -0.39 is 0 Å². The first-order valence-corrected chi connectivity index (χ1v) is 10.4. The average Bonchev–Trinajstić information content (AvgIpc) is 2.79. The molecule has 0 spiro atoms. The second-order valence-electron chi connectivity index (χ2n) is 8.09. The molecule has 0 radical (unpaired) electrons. The van der Waals surface area contributed by atoms with Gasteiger partial charge in [-0.1, -0.05) is 38.1 Å². The molecule has 6 heteroatoms. The molecule has 158 valence electrons. The first kappa shape index (κ1) is 20.7. The Morgan fingerprint density at radius 1 is 1.06 bits per heavy atom. The lowest BCUT2D eigenvalue weighted by atomic mass is 9.81. The van der Waals surface area contributed by atoms with Crippen LogP contribution in [0.25, 0.3) is 0 Å². The van der Waals surface area contributed by atoms with Crippen LogP contribution in [0.2, 0.25) is 0 Å². The highest BCUT2D eigenvalue weighted by Crippen LogP contribution is 2.32. The van der Waals surface area contributed by atoms with E-state index in [-0.39, 0.29) is 23.6 Å². The number of nitrogens with zero attached hydrogens (tertiary/aromatic N) is 2. The van der Waals surface area contributed by atoms with Crippen LogP contribution in [-0.4, -0.2) is 28.8 Å². The van der Waals surface area contributed by atoms with Gasteiger partial charge in [-0.05, 0) is 53.6 Å². The number of Topliss-reactive ketones (excluding diaryl/α,β-unsaturated/α-hetero) is 1. The molecule has 1 N–H and O–H groups in total. The van der Waals surface area contributed by atoms with Crippen molar-refractivity contribution in [1.29, 1.82) is 0 Å². The Hall–Kier alpha value is -3.54. The summed E-state index contributed by atoms with van der Waals surface area (Å²) in [5.74, 6) is 1.13. The lowest BCUT2D eigenvalue weighted by molar-refractivity contribution is 0.0962. The van der Waals surface area contributed by atoms with Gasteiger partial charge < -0.3 is 4.74 Å². The summed E-state index contributed by atoms with van der Waals surface area (Å²) >= 11 is 0. The van der Waals surface area contributed by atoms with Crippen LogP contribution >= 0.6 is 0 Å². The van der Waals surface area contributed by atoms with Crippen molar-refractivity contribution in [2.75, 3.05) is 12.4 Å². The molecule has 31 heavy (non-hydrogen) atoms. The van der Waals surface area contributed by atoms with Crippen LogP contribution in [0.5, 0.6) is 5.75 Å². The number of anilines is 1. The summed E-state index contributed by atoms with van der Waals surface area (Å²) in [6, 6.07) is 15.2. The van der Waals surface area contributed by atoms with Gasteiger partial charge in [-0.25, -0.2) is 9.97 Å². The number of carbonyl (C=O) groups is 2. The summed E-state index contributed by atoms with van der Waals surface area (Å²) in [5.41, 5.74) is 4.09. The third kappa shape index (κ3) is 4.48. The largest absolute Gasteiger partial charge is 0.497 e. The fourth-order valence-corrected chi connectivity index (χ4v) is 3.81. The van der Waals surface area contributed by atoms with E-state index in [1.54, 1.807) is 31.4 Å². The van der Waals surface area contributed by atoms with Crippen LogP contribution in [0.4, 0.5) is 5.95 Å². The van der Waals surface area contributed by atoms with Crippen LogP contribution in [0.1, 0.15) is 69.6 Å². The maximum absolute atomic E-state index is 12.7. The summed E-state index contributed by atoms with van der Waals surface area (Å²) in [6.45, 7) is 4.32. The monoisotopic (exact) mass is 415 g/mol. The van der Waals surface area contributed by atoms with Crippen LogP contribution in [-0.2, 0) is 6.42 Å². The lowest BCUT2D eigenvalue weighted by Crippen LogP contribution is -2.22. The van der Waals surface area contributed by atoms with Crippen LogP contribution in [0, 0.1) is 0 Å². The molecule has 6 nitrogen and oxygen atoms in total. The van der Waals surface area contributed by atoms with E-state index in [0.29, 0.717) is 41.3 Å². The Morgan fingerprint density at radius 3 is 2.42 bits per heavy atom. The second-order valence-corrected chi connectivity index (χ2v) is 8.09. The fourth-order valence-electron chi connectivity index (χ4n) is 3.81. The van der Waals surface area contributed by atoms with Crippen molar-refractivity contribution in [2.45, 2.75) is 38.5 Å². The van der Waals surface area contributed by atoms with Gasteiger partial charge in [-0.3, -0.25) is 14.9 Å². The van der Waals surface area contributed by atoms with E-state index >= 15 is 0 Å². The molecule has 0 bridgehead atoms. The fraction of sp³-hybridized carbons (Fsp3) is 0.280. The Kier molecular flexibility index (Phi) is 5.80. The molecule has 0 unspecified atom stereocenters. The van der Waals surface area contributed by atoms with Crippen molar-refractivity contribution in [1.82, 2.24) is 9.97 Å². The summed E-state index contributed by atoms with van der Waals surface area (Å²) in [5, 5.41) is 2.72. The van der Waals surface area contributed by atoms with Crippen molar-refractivity contribution in [3.8, 4) is 5.75 Å². The Bertz CT molecular complexity index is 1110. The summed E-state index contributed by atoms with van der Waals surface area (Å²) in [6.07, 6.45) is 2.59. The van der Waals surface area contributed by atoms with E-state index in [0.717, 1.165) is 5.56 Å². The van der Waals surface area contributed by atoms with Crippen LogP contribution in [0.15, 0.2) is 54.7 Å². The SMILES string of the molecule is COc1ccc(C(=O)Nc2ncc3c(n2)C[C@@H](c2ccc(C(C)C)cc2)CC3=O)cc1. The van der Waals surface area contributed by atoms with E-state index in [1.165, 1.54) is 11.8 Å². The number of amides is 1. The van der Waals surface area contributed by atoms with Gasteiger partial charge in [0.05, 0.1) is 18.4 Å². The Balaban J connectivity index is 1.52. The molecule has 1 aliphatic carbocycles. The molecule has 0 aliphatic heterocycles. The third-order valence-electron chi connectivity index (χ3n) is 5.69. The number of ketones is 1. The molecule has 3 aromatic rings. The zero-order valence-corrected chi connectivity index (χ0v) is 17.9. The number of benzene rings is 2. The standard InChI is InChI=1S/C25H25N3O3/c1-15(2)16-4-6-17(7-5-16)19-12-22-21(23(29)13-19)14-26-25(27-22)28-24(30)18-8-10-20(31-3)11-9-18/h4-11,14-15,19H,12-13H2,1-3H3,(H,26,27,28,30)/t19-/m1/s1. The lowest BCUT2D eigenvalue weighted by Gasteiger charge is -2.23. The third-order valence-corrected chi connectivity index (χ3v) is 5.69. The van der Waals surface area contributed by atoms with E-state index in [1.807, 2.05) is 0 Å². The molecule has 1 amide bonds. The number of hydrogen-bond acceptors (Lipinski definition) is 5. The number of carbonyl (C=O) groups excluding carboxylic acids is 2. The van der Waals surface area contributed by atoms with Gasteiger partial charge in [-0.15, -0.1) is 0 Å². The van der Waals surface area contributed by atoms with Crippen molar-refractivity contribution in [3.05, 3.63) is 82.7 Å². The zero-order chi connectivity index (χ0) is 22.0. The molecule has 2 aromatic carbocycles. The minimum Gasteiger partial charge on any atom is -0.497 e. The number of ether oxygens (including phenoxy) is 1. The number of aromatic nitrogens is 2. The highest BCUT2D eigenvalue weighted by Gasteiger charge is 2.28. The van der Waals surface area contributed by atoms with E-state index in [9.17, 15) is 9.59 Å². The molecule has 0 saturated heterocycles. The van der Waals surface area contributed by atoms with Crippen LogP contribution in [0.3, 0.4) is 0 Å². The quantitative estimate of drug-likeness (QED) is 0.649. The molecule has 4 rings (SSSR count). The zero-order valence-electron chi connectivity index (χ0n) is 17.9. The van der Waals surface area contributed by atoms with Gasteiger partial charge in [0.25, 0.3) is 5.91 Å². The van der Waals surface area contributed by atoms with Crippen molar-refractivity contribution in [2.24, 2.45) is 0 Å². The summed E-state index contributed by atoms with van der Waals surface area (Å²) in [4.78, 5) is 33.9. The van der Waals surface area contributed by atoms with Crippen LogP contribution < -0.4 is 10.1 Å². The smallest absolute Gasteiger partial charge is 0.258 e. The highest BCUT2D eigenvalue weighted by molar-refractivity contribution is 6.03. The highest BCUT2D eigenvalue weighted by atomic mass is 16.5. The maximum Gasteiger partial charge on any atom is 0.258 e. The maximum atomic E-state index is 12.7.